The van der Waals surface area contributed by atoms with Gasteiger partial charge in [0, 0.05) is 23.3 Å². The van der Waals surface area contributed by atoms with Gasteiger partial charge in [0.2, 0.25) is 11.6 Å². The first-order chi connectivity index (χ1) is 32.7. The summed E-state index contributed by atoms with van der Waals surface area (Å²) < 4.78 is 0. The number of amides is 2. The number of nitrogens with two attached hydrogens (primary N) is 1. The molecule has 0 aromatic heterocycles. The zero-order valence-electron chi connectivity index (χ0n) is 38.8. The molecule has 7 aliphatic rings. The minimum Gasteiger partial charge on any atom is -0.508 e. The van der Waals surface area contributed by atoms with Gasteiger partial charge in [-0.3, -0.25) is 43.5 Å². The lowest BCUT2D eigenvalue weighted by molar-refractivity contribution is -0.166. The molecule has 6 aliphatic carbocycles. The molecule has 2 aromatic carbocycles. The van der Waals surface area contributed by atoms with Crippen molar-refractivity contribution in [3.8, 4) is 11.5 Å². The van der Waals surface area contributed by atoms with Crippen LogP contribution in [0, 0.1) is 23.7 Å². The van der Waals surface area contributed by atoms with E-state index in [1.54, 1.807) is 14.1 Å². The van der Waals surface area contributed by atoms with E-state index in [1.165, 1.54) is 67.2 Å². The van der Waals surface area contributed by atoms with Crippen molar-refractivity contribution in [2.45, 2.75) is 61.2 Å². The van der Waals surface area contributed by atoms with E-state index in [4.69, 9.17) is 5.73 Å². The average molecular weight is 970 g/mol. The van der Waals surface area contributed by atoms with Gasteiger partial charge in [-0.2, -0.15) is 0 Å². The van der Waals surface area contributed by atoms with E-state index in [9.17, 15) is 79.8 Å². The predicted octanol–water partition coefficient (Wildman–Crippen LogP) is -0.281. The quantitative estimate of drug-likeness (QED) is 0.166. The van der Waals surface area contributed by atoms with E-state index in [-0.39, 0.29) is 58.0 Å². The van der Waals surface area contributed by atoms with Crippen LogP contribution in [0.4, 0.5) is 0 Å². The van der Waals surface area contributed by atoms with Crippen molar-refractivity contribution in [2.75, 3.05) is 47.9 Å². The lowest BCUT2D eigenvalue weighted by atomic mass is 9.54. The maximum absolute atomic E-state index is 14.0. The van der Waals surface area contributed by atoms with E-state index < -0.39 is 133 Å². The molecule has 2 amide bonds. The van der Waals surface area contributed by atoms with Crippen LogP contribution in [0.2, 0.25) is 0 Å². The van der Waals surface area contributed by atoms with Gasteiger partial charge in [-0.1, -0.05) is 30.8 Å². The molecule has 3 fully saturated rings. The summed E-state index contributed by atoms with van der Waals surface area (Å²) in [6.07, 6.45) is 0.0870. The number of likely N-dealkylation sites (tertiary alicyclic amines) is 1. The van der Waals surface area contributed by atoms with Crippen molar-refractivity contribution in [1.82, 2.24) is 20.0 Å². The van der Waals surface area contributed by atoms with Gasteiger partial charge >= 0.3 is 0 Å². The van der Waals surface area contributed by atoms with Gasteiger partial charge < -0.3 is 62.1 Å². The minimum atomic E-state index is -2.94. The van der Waals surface area contributed by atoms with Crippen LogP contribution in [0.15, 0.2) is 76.8 Å². The molecular formula is C49H55N5O16. The van der Waals surface area contributed by atoms with E-state index >= 15 is 0 Å². The van der Waals surface area contributed by atoms with Gasteiger partial charge in [0.15, 0.2) is 22.8 Å². The summed E-state index contributed by atoms with van der Waals surface area (Å²) >= 11 is 0. The molecule has 21 heteroatoms. The standard InChI is InChI=1S/C27H33N3O8.C22H22N2O8/c1-26(37)13-7-6-8-16(31)17(13)21(32)18-14(26)11-15-20(29(2)3)22(33)19(24(35)27(15,38)23(18)34)25(36)28-12-30-9-4-5-10-30;1-7-8-5-4-6-9(25)11(8)16(26)12-10(7)17(27)14-15(24(2)3)18(28)13(21(23)31)20(30)22(14,32)19(12)29/h6-8,14-15,20,31-32,35,37-38H,4-5,9-12H2,1-3H3,(H,28,36);4-6,10,14-15,17,25-27,30,32H,1H2,2-3H3,(H2,23,31)/t14-,15-,20-,26+,27-;10-,14-,15+,17+,22+/m01/s1. The number of aliphatic hydroxyl groups excluding tert-OH is 5. The number of nitrogens with one attached hydrogen (secondary N) is 1. The molecule has 0 bridgehead atoms. The predicted molar refractivity (Wildman–Crippen MR) is 246 cm³/mol. The lowest BCUT2D eigenvalue weighted by Crippen LogP contribution is -2.70. The summed E-state index contributed by atoms with van der Waals surface area (Å²) in [5.41, 5.74) is -4.37. The van der Waals surface area contributed by atoms with Crippen LogP contribution in [-0.4, -0.2) is 178 Å². The number of Topliss-reactive ketones (excluding diaryl/α,β-unsaturated/α-hetero) is 4. The number of hydrogen-bond donors (Lipinski definition) is 12. The smallest absolute Gasteiger partial charge is 0.259 e. The molecule has 13 N–H and O–H groups in total. The Morgan fingerprint density at radius 3 is 1.89 bits per heavy atom. The van der Waals surface area contributed by atoms with Crippen LogP contribution in [0.3, 0.4) is 0 Å². The number of aliphatic hydroxyl groups is 8. The number of carbonyl (C=O) groups is 6. The Morgan fingerprint density at radius 1 is 0.771 bits per heavy atom. The molecule has 372 valence electrons. The second-order valence-electron chi connectivity index (χ2n) is 19.5. The molecule has 1 saturated heterocycles. The molecule has 10 atom stereocenters. The van der Waals surface area contributed by atoms with Gasteiger partial charge in [-0.15, -0.1) is 0 Å². The molecule has 0 unspecified atom stereocenters. The molecular weight excluding hydrogens is 915 g/mol. The summed E-state index contributed by atoms with van der Waals surface area (Å²) in [7, 11) is 6.00. The van der Waals surface area contributed by atoms with Gasteiger partial charge in [0.1, 0.15) is 45.7 Å². The highest BCUT2D eigenvalue weighted by Gasteiger charge is 2.69. The summed E-state index contributed by atoms with van der Waals surface area (Å²) in [5, 5.41) is 114. The van der Waals surface area contributed by atoms with Crippen molar-refractivity contribution >= 4 is 52.0 Å². The molecule has 0 spiro atoms. The van der Waals surface area contributed by atoms with Crippen molar-refractivity contribution < 1.29 is 79.8 Å². The van der Waals surface area contributed by atoms with Crippen LogP contribution in [-0.2, 0) is 34.4 Å². The van der Waals surface area contributed by atoms with Crippen molar-refractivity contribution in [3.05, 3.63) is 99.0 Å². The number of aromatic hydroxyl groups is 2. The number of benzene rings is 2. The van der Waals surface area contributed by atoms with Crippen molar-refractivity contribution in [1.29, 1.82) is 0 Å². The summed E-state index contributed by atoms with van der Waals surface area (Å²) in [5.74, 6) is -16.0. The van der Waals surface area contributed by atoms with Gasteiger partial charge in [-0.25, -0.2) is 0 Å². The Bertz CT molecular complexity index is 2850. The van der Waals surface area contributed by atoms with Crippen molar-refractivity contribution in [3.63, 3.8) is 0 Å². The monoisotopic (exact) mass is 969 g/mol. The van der Waals surface area contributed by atoms with Gasteiger partial charge in [0.05, 0.1) is 53.1 Å². The van der Waals surface area contributed by atoms with Gasteiger partial charge in [0.25, 0.3) is 11.8 Å². The van der Waals surface area contributed by atoms with Crippen LogP contribution >= 0.6 is 0 Å². The average Bonchev–Trinajstić information content (AvgIpc) is 3.81. The first-order valence-corrected chi connectivity index (χ1v) is 22.4. The van der Waals surface area contributed by atoms with Crippen LogP contribution < -0.4 is 11.1 Å². The number of hydrogen-bond acceptors (Lipinski definition) is 19. The van der Waals surface area contributed by atoms with E-state index in [0.29, 0.717) is 0 Å². The number of carbonyl (C=O) groups excluding carboxylic acids is 6. The molecule has 1 aliphatic heterocycles. The van der Waals surface area contributed by atoms with Crippen LogP contribution in [0.1, 0.15) is 48.4 Å². The molecule has 1 heterocycles. The molecule has 9 rings (SSSR count). The third-order valence-electron chi connectivity index (χ3n) is 15.3. The molecule has 2 aromatic rings. The third kappa shape index (κ3) is 6.78. The lowest BCUT2D eigenvalue weighted by Gasteiger charge is -2.53. The number of nitrogens with zero attached hydrogens (tertiary/aromatic N) is 3. The van der Waals surface area contributed by atoms with Crippen LogP contribution in [0.5, 0.6) is 11.5 Å². The highest BCUT2D eigenvalue weighted by molar-refractivity contribution is 6.26. The third-order valence-corrected chi connectivity index (χ3v) is 15.3. The highest BCUT2D eigenvalue weighted by atomic mass is 16.4. The highest BCUT2D eigenvalue weighted by Crippen LogP contribution is 2.58. The summed E-state index contributed by atoms with van der Waals surface area (Å²) in [6.45, 7) is 7.03. The zero-order chi connectivity index (χ0) is 51.6. The Labute approximate surface area is 400 Å². The summed E-state index contributed by atoms with van der Waals surface area (Å²) in [6, 6.07) is 6.01. The molecule has 21 nitrogen and oxygen atoms in total. The maximum Gasteiger partial charge on any atom is 0.259 e. The Morgan fingerprint density at radius 2 is 1.30 bits per heavy atom. The molecule has 70 heavy (non-hydrogen) atoms. The molecule has 0 radical (unpaired) electrons. The first kappa shape index (κ1) is 49.7. The molecule has 2 saturated carbocycles. The second-order valence-corrected chi connectivity index (χ2v) is 19.5. The minimum absolute atomic E-state index is 0.124. The van der Waals surface area contributed by atoms with E-state index in [0.717, 1.165) is 25.9 Å². The number of phenols is 2. The number of rotatable bonds is 6. The van der Waals surface area contributed by atoms with Gasteiger partial charge in [-0.05, 0) is 96.3 Å². The second kappa shape index (κ2) is 17.0. The zero-order valence-corrected chi connectivity index (χ0v) is 38.8. The number of phenolic OH excluding ortho intramolecular Hbond substituents is 2. The first-order valence-electron chi connectivity index (χ1n) is 22.4. The Kier molecular flexibility index (Phi) is 12.1. The number of fused-ring (bicyclic) bond motifs is 6. The van der Waals surface area contributed by atoms with Crippen LogP contribution in [0.25, 0.3) is 17.1 Å². The normalized spacial score (nSPS) is 32.8. The van der Waals surface area contributed by atoms with E-state index in [1.807, 2.05) is 4.90 Å². The Hall–Kier alpha value is -6.72. The Balaban J connectivity index is 0.000000191. The summed E-state index contributed by atoms with van der Waals surface area (Å²) in [4.78, 5) is 84.1. The SMILES string of the molecule is C=C1c2cccc(O)c2C(O)=C2C(=O)[C@]3(O)C(O)=C(C(N)=O)C(=O)[C@@H](N(C)C)[C@@H]3[C@@H](O)[C@H]12.CN(C)[C@@H]1C(=O)C(C(=O)NCN2CCCC2)=C(O)[C@@]2(O)C(=O)C3=C(O)c4c(O)cccc4[C@@](C)(O)[C@H]3C[C@@H]12. The number of likely N-dealkylation sites (N-methyl/N-ethyl adjacent to an activating group) is 2. The topological polar surface area (TPSA) is 352 Å². The fourth-order valence-corrected chi connectivity index (χ4v) is 11.9. The van der Waals surface area contributed by atoms with E-state index in [2.05, 4.69) is 11.9 Å². The maximum atomic E-state index is 14.0. The largest absolute Gasteiger partial charge is 0.508 e. The fraction of sp³-hybridized carbons (Fsp3) is 0.429. The fourth-order valence-electron chi connectivity index (χ4n) is 11.9. The van der Waals surface area contributed by atoms with Crippen molar-refractivity contribution in [2.24, 2.45) is 29.4 Å². The number of primary amides is 1. The number of ketones is 4.